The molecule has 5 heteroatoms. The van der Waals surface area contributed by atoms with Crippen LogP contribution in [0.2, 0.25) is 0 Å². The molecule has 0 aliphatic heterocycles. The molecule has 0 radical (unpaired) electrons. The van der Waals surface area contributed by atoms with Crippen LogP contribution < -0.4 is 0 Å². The van der Waals surface area contributed by atoms with Crippen LogP contribution >= 0.6 is 0 Å². The van der Waals surface area contributed by atoms with Crippen LogP contribution in [0.25, 0.3) is 0 Å². The highest BCUT2D eigenvalue weighted by Crippen LogP contribution is 2.13. The van der Waals surface area contributed by atoms with Crippen molar-refractivity contribution in [2.75, 3.05) is 6.61 Å². The van der Waals surface area contributed by atoms with E-state index in [0.717, 1.165) is 0 Å². The quantitative estimate of drug-likeness (QED) is 0.455. The summed E-state index contributed by atoms with van der Waals surface area (Å²) < 4.78 is 4.81. The van der Waals surface area contributed by atoms with E-state index in [1.807, 2.05) is 0 Å². The summed E-state index contributed by atoms with van der Waals surface area (Å²) in [5, 5.41) is 17.0. The predicted molar refractivity (Wildman–Crippen MR) is 48.8 cm³/mol. The van der Waals surface area contributed by atoms with E-state index in [1.54, 1.807) is 0 Å². The molecule has 0 saturated heterocycles. The van der Waals surface area contributed by atoms with Gasteiger partial charge in [-0.1, -0.05) is 6.58 Å². The van der Waals surface area contributed by atoms with Gasteiger partial charge in [-0.2, -0.15) is 0 Å². The lowest BCUT2D eigenvalue weighted by molar-refractivity contribution is -0.140. The van der Waals surface area contributed by atoms with E-state index in [0.29, 0.717) is 13.0 Å². The van der Waals surface area contributed by atoms with Gasteiger partial charge >= 0.3 is 11.9 Å². The van der Waals surface area contributed by atoms with Gasteiger partial charge in [0.1, 0.15) is 0 Å². The number of ether oxygens (including phenoxy) is 1. The van der Waals surface area contributed by atoms with Gasteiger partial charge in [-0.15, -0.1) is 0 Å². The van der Waals surface area contributed by atoms with Crippen molar-refractivity contribution in [2.24, 2.45) is 5.92 Å². The maximum absolute atomic E-state index is 10.4. The highest BCUT2D eigenvalue weighted by atomic mass is 16.5. The van der Waals surface area contributed by atoms with Gasteiger partial charge in [0.05, 0.1) is 12.9 Å². The summed E-state index contributed by atoms with van der Waals surface area (Å²) in [7, 11) is 0. The van der Waals surface area contributed by atoms with Crippen LogP contribution in [0.1, 0.15) is 19.3 Å². The number of aliphatic carboxylic acids is 2. The Morgan fingerprint density at radius 3 is 2.14 bits per heavy atom. The molecule has 0 atom stereocenters. The maximum Gasteiger partial charge on any atom is 0.303 e. The minimum Gasteiger partial charge on any atom is -0.502 e. The summed E-state index contributed by atoms with van der Waals surface area (Å²) in [6, 6.07) is 0. The van der Waals surface area contributed by atoms with E-state index < -0.39 is 11.9 Å². The van der Waals surface area contributed by atoms with Crippen LogP contribution in [0, 0.1) is 5.92 Å². The van der Waals surface area contributed by atoms with Crippen LogP contribution in [0.4, 0.5) is 0 Å². The third-order valence-corrected chi connectivity index (χ3v) is 1.69. The molecule has 80 valence electrons. The third-order valence-electron chi connectivity index (χ3n) is 1.69. The highest BCUT2D eigenvalue weighted by molar-refractivity contribution is 5.70. The number of carbonyl (C=O) groups is 2. The number of hydrogen-bond acceptors (Lipinski definition) is 3. The van der Waals surface area contributed by atoms with Crippen LogP contribution in [-0.2, 0) is 14.3 Å². The Hall–Kier alpha value is -1.52. The fraction of sp³-hybridized carbons (Fsp3) is 0.556. The van der Waals surface area contributed by atoms with E-state index in [4.69, 9.17) is 14.9 Å². The number of carboxylic acid groups (broad SMARTS) is 2. The Labute approximate surface area is 82.0 Å². The molecular weight excluding hydrogens is 188 g/mol. The molecule has 5 nitrogen and oxygen atoms in total. The predicted octanol–water partition coefficient (Wildman–Crippen LogP) is 1.10. The zero-order valence-electron chi connectivity index (χ0n) is 7.81. The third kappa shape index (κ3) is 7.15. The van der Waals surface area contributed by atoms with Gasteiger partial charge in [0, 0.05) is 12.8 Å². The molecule has 0 bridgehead atoms. The van der Waals surface area contributed by atoms with Gasteiger partial charge in [0.15, 0.2) is 0 Å². The first-order valence-electron chi connectivity index (χ1n) is 4.22. The zero-order valence-corrected chi connectivity index (χ0v) is 7.81. The molecule has 2 N–H and O–H groups in total. The number of rotatable bonds is 8. The normalized spacial score (nSPS) is 9.79. The molecule has 0 aliphatic carbocycles. The second-order valence-corrected chi connectivity index (χ2v) is 2.89. The molecule has 0 unspecified atom stereocenters. The molecule has 0 saturated carbocycles. The average molecular weight is 202 g/mol. The lowest BCUT2D eigenvalue weighted by atomic mass is 9.98. The fourth-order valence-electron chi connectivity index (χ4n) is 1.09. The van der Waals surface area contributed by atoms with E-state index in [-0.39, 0.29) is 18.8 Å². The van der Waals surface area contributed by atoms with Gasteiger partial charge in [-0.25, -0.2) is 0 Å². The standard InChI is InChI=1S/C9H14O5/c1-2-14-4-3-7(5-8(10)11)6-9(12)13/h2,7H,1,3-6H2,(H,10,11)(H,12,13). The van der Waals surface area contributed by atoms with Gasteiger partial charge < -0.3 is 14.9 Å². The van der Waals surface area contributed by atoms with Gasteiger partial charge in [0.25, 0.3) is 0 Å². The molecule has 0 spiro atoms. The van der Waals surface area contributed by atoms with Crippen molar-refractivity contribution < 1.29 is 24.5 Å². The van der Waals surface area contributed by atoms with Gasteiger partial charge in [0.2, 0.25) is 0 Å². The topological polar surface area (TPSA) is 83.8 Å². The summed E-state index contributed by atoms with van der Waals surface area (Å²) >= 11 is 0. The number of carboxylic acids is 2. The van der Waals surface area contributed by atoms with Crippen molar-refractivity contribution >= 4 is 11.9 Å². The lowest BCUT2D eigenvalue weighted by Crippen LogP contribution is -2.14. The van der Waals surface area contributed by atoms with Crippen LogP contribution in [0.5, 0.6) is 0 Å². The first-order valence-corrected chi connectivity index (χ1v) is 4.22. The smallest absolute Gasteiger partial charge is 0.303 e. The Morgan fingerprint density at radius 1 is 1.29 bits per heavy atom. The molecule has 0 aromatic rings. The first-order chi connectivity index (χ1) is 6.56. The summed E-state index contributed by atoms with van der Waals surface area (Å²) in [6.45, 7) is 3.62. The summed E-state index contributed by atoms with van der Waals surface area (Å²) in [4.78, 5) is 20.7. The largest absolute Gasteiger partial charge is 0.502 e. The SMILES string of the molecule is C=COCCC(CC(=O)O)CC(=O)O. The van der Waals surface area contributed by atoms with Crippen molar-refractivity contribution in [1.29, 1.82) is 0 Å². The second kappa shape index (κ2) is 6.94. The fourth-order valence-corrected chi connectivity index (χ4v) is 1.09. The van der Waals surface area contributed by atoms with Crippen LogP contribution in [0.15, 0.2) is 12.8 Å². The van der Waals surface area contributed by atoms with Crippen LogP contribution in [0.3, 0.4) is 0 Å². The Balaban J connectivity index is 3.89. The number of hydrogen-bond donors (Lipinski definition) is 2. The Kier molecular flexibility index (Phi) is 6.19. The van der Waals surface area contributed by atoms with Gasteiger partial charge in [-0.05, 0) is 12.3 Å². The molecule has 0 heterocycles. The van der Waals surface area contributed by atoms with Gasteiger partial charge in [-0.3, -0.25) is 9.59 Å². The molecule has 0 aliphatic rings. The summed E-state index contributed by atoms with van der Waals surface area (Å²) in [5.41, 5.74) is 0. The van der Waals surface area contributed by atoms with E-state index >= 15 is 0 Å². The summed E-state index contributed by atoms with van der Waals surface area (Å²) in [6.07, 6.45) is 1.36. The van der Waals surface area contributed by atoms with E-state index in [9.17, 15) is 9.59 Å². The van der Waals surface area contributed by atoms with Crippen molar-refractivity contribution in [3.63, 3.8) is 0 Å². The molecule has 0 aromatic heterocycles. The maximum atomic E-state index is 10.4. The van der Waals surface area contributed by atoms with Crippen molar-refractivity contribution in [1.82, 2.24) is 0 Å². The Bertz CT molecular complexity index is 195. The highest BCUT2D eigenvalue weighted by Gasteiger charge is 2.16. The molecule has 0 fully saturated rings. The molecule has 0 aromatic carbocycles. The zero-order chi connectivity index (χ0) is 11.0. The minimum absolute atomic E-state index is 0.146. The minimum atomic E-state index is -0.991. The molecular formula is C9H14O5. The monoisotopic (exact) mass is 202 g/mol. The van der Waals surface area contributed by atoms with Crippen LogP contribution in [-0.4, -0.2) is 28.8 Å². The first kappa shape index (κ1) is 12.5. The molecule has 14 heavy (non-hydrogen) atoms. The summed E-state index contributed by atoms with van der Waals surface area (Å²) in [5.74, 6) is -2.37. The van der Waals surface area contributed by atoms with E-state index in [1.165, 1.54) is 6.26 Å². The lowest BCUT2D eigenvalue weighted by Gasteiger charge is -2.11. The molecule has 0 rings (SSSR count). The van der Waals surface area contributed by atoms with Crippen molar-refractivity contribution in [3.05, 3.63) is 12.8 Å². The Morgan fingerprint density at radius 2 is 1.79 bits per heavy atom. The molecule has 0 amide bonds. The second-order valence-electron chi connectivity index (χ2n) is 2.89. The van der Waals surface area contributed by atoms with E-state index in [2.05, 4.69) is 6.58 Å². The average Bonchev–Trinajstić information content (AvgIpc) is 2.02. The van der Waals surface area contributed by atoms with Crippen molar-refractivity contribution in [3.8, 4) is 0 Å². The van der Waals surface area contributed by atoms with Crippen molar-refractivity contribution in [2.45, 2.75) is 19.3 Å².